The Morgan fingerprint density at radius 3 is 2.41 bits per heavy atom. The predicted molar refractivity (Wildman–Crippen MR) is 112 cm³/mol. The molecular formula is C22H22N2O4S. The second-order valence-electron chi connectivity index (χ2n) is 6.43. The van der Waals surface area contributed by atoms with Crippen molar-refractivity contribution in [1.29, 1.82) is 0 Å². The summed E-state index contributed by atoms with van der Waals surface area (Å²) in [6.45, 7) is 2.18. The lowest BCUT2D eigenvalue weighted by Crippen LogP contribution is -2.17. The van der Waals surface area contributed by atoms with Gasteiger partial charge in [-0.1, -0.05) is 49.4 Å². The van der Waals surface area contributed by atoms with Crippen LogP contribution in [0.2, 0.25) is 0 Å². The second kappa shape index (κ2) is 9.34. The van der Waals surface area contributed by atoms with Crippen molar-refractivity contribution in [2.75, 3.05) is 11.1 Å². The maximum absolute atomic E-state index is 12.6. The number of ether oxygens (including phenoxy) is 1. The molecule has 0 saturated heterocycles. The van der Waals surface area contributed by atoms with Crippen molar-refractivity contribution in [3.8, 4) is 5.88 Å². The molecule has 0 spiro atoms. The molecular weight excluding hydrogens is 388 g/mol. The smallest absolute Gasteiger partial charge is 0.257 e. The maximum atomic E-state index is 12.6. The Morgan fingerprint density at radius 1 is 1.00 bits per heavy atom. The highest BCUT2D eigenvalue weighted by atomic mass is 32.2. The zero-order valence-corrected chi connectivity index (χ0v) is 16.9. The predicted octanol–water partition coefficient (Wildman–Crippen LogP) is 4.10. The highest BCUT2D eigenvalue weighted by molar-refractivity contribution is 7.91. The van der Waals surface area contributed by atoms with Gasteiger partial charge < -0.3 is 10.1 Å². The van der Waals surface area contributed by atoms with Gasteiger partial charge in [0.2, 0.25) is 5.88 Å². The van der Waals surface area contributed by atoms with E-state index in [1.807, 2.05) is 30.3 Å². The fourth-order valence-electron chi connectivity index (χ4n) is 2.77. The molecule has 0 aliphatic rings. The number of sulfone groups is 1. The molecule has 29 heavy (non-hydrogen) atoms. The van der Waals surface area contributed by atoms with Crippen molar-refractivity contribution < 1.29 is 17.9 Å². The molecule has 0 saturated carbocycles. The molecule has 3 rings (SSSR count). The first-order valence-electron chi connectivity index (χ1n) is 9.25. The number of amides is 1. The van der Waals surface area contributed by atoms with E-state index in [1.54, 1.807) is 31.2 Å². The van der Waals surface area contributed by atoms with E-state index in [4.69, 9.17) is 4.74 Å². The molecule has 2 aromatic carbocycles. The number of nitrogens with one attached hydrogen (secondary N) is 1. The Bertz CT molecular complexity index is 1070. The highest BCUT2D eigenvalue weighted by Crippen LogP contribution is 2.20. The van der Waals surface area contributed by atoms with Crippen LogP contribution in [0.4, 0.5) is 5.69 Å². The molecule has 0 fully saturated rings. The second-order valence-corrected chi connectivity index (χ2v) is 8.51. The number of anilines is 1. The Hall–Kier alpha value is -3.19. The average molecular weight is 410 g/mol. The van der Waals surface area contributed by atoms with Gasteiger partial charge in [0.05, 0.1) is 28.1 Å². The van der Waals surface area contributed by atoms with Crippen molar-refractivity contribution in [1.82, 2.24) is 4.98 Å². The molecule has 0 radical (unpaired) electrons. The molecule has 0 bridgehead atoms. The minimum atomic E-state index is -3.52. The van der Waals surface area contributed by atoms with E-state index < -0.39 is 15.7 Å². The third kappa shape index (κ3) is 5.42. The number of nitrogens with zero attached hydrogens (tertiary/aromatic N) is 1. The minimum Gasteiger partial charge on any atom is -0.473 e. The largest absolute Gasteiger partial charge is 0.473 e. The van der Waals surface area contributed by atoms with Crippen LogP contribution in [0.3, 0.4) is 0 Å². The molecule has 150 valence electrons. The maximum Gasteiger partial charge on any atom is 0.257 e. The lowest BCUT2D eigenvalue weighted by atomic mass is 10.2. The fraction of sp³-hybridized carbons (Fsp3) is 0.182. The third-order valence-electron chi connectivity index (χ3n) is 4.16. The van der Waals surface area contributed by atoms with Crippen LogP contribution in [0.25, 0.3) is 0 Å². The van der Waals surface area contributed by atoms with Crippen LogP contribution in [0.1, 0.15) is 29.3 Å². The number of pyridine rings is 1. The molecule has 0 unspecified atom stereocenters. The summed E-state index contributed by atoms with van der Waals surface area (Å²) in [6.07, 6.45) is 1.95. The summed E-state index contributed by atoms with van der Waals surface area (Å²) < 4.78 is 30.5. The zero-order chi connectivity index (χ0) is 20.7. The van der Waals surface area contributed by atoms with Crippen LogP contribution in [-0.2, 0) is 16.4 Å². The molecule has 1 N–H and O–H groups in total. The summed E-state index contributed by atoms with van der Waals surface area (Å²) in [4.78, 5) is 16.9. The van der Waals surface area contributed by atoms with E-state index in [-0.39, 0.29) is 16.2 Å². The highest BCUT2D eigenvalue weighted by Gasteiger charge is 2.21. The first-order valence-corrected chi connectivity index (χ1v) is 10.9. The van der Waals surface area contributed by atoms with Crippen molar-refractivity contribution in [2.45, 2.75) is 24.8 Å². The standard InChI is InChI=1S/C22H22N2O4S/c1-2-14-29(26,27)20-11-7-6-10-19(20)22(25)24-18-12-13-21(23-15-18)28-16-17-8-4-3-5-9-17/h3-13,15H,2,14,16H2,1H3,(H,24,25). The van der Waals surface area contributed by atoms with Crippen LogP contribution in [0, 0.1) is 0 Å². The number of hydrogen-bond donors (Lipinski definition) is 1. The molecule has 0 atom stereocenters. The summed E-state index contributed by atoms with van der Waals surface area (Å²) >= 11 is 0. The third-order valence-corrected chi connectivity index (χ3v) is 6.14. The molecule has 7 heteroatoms. The number of aromatic nitrogens is 1. The Balaban J connectivity index is 1.69. The van der Waals surface area contributed by atoms with E-state index in [9.17, 15) is 13.2 Å². The zero-order valence-electron chi connectivity index (χ0n) is 16.0. The molecule has 6 nitrogen and oxygen atoms in total. The van der Waals surface area contributed by atoms with Gasteiger partial charge in [0.25, 0.3) is 5.91 Å². The number of carbonyl (C=O) groups excluding carboxylic acids is 1. The fourth-order valence-corrected chi connectivity index (χ4v) is 4.31. The van der Waals surface area contributed by atoms with Crippen LogP contribution in [-0.4, -0.2) is 25.1 Å². The topological polar surface area (TPSA) is 85.4 Å². The van der Waals surface area contributed by atoms with Gasteiger partial charge >= 0.3 is 0 Å². The molecule has 0 aliphatic heterocycles. The SMILES string of the molecule is CCCS(=O)(=O)c1ccccc1C(=O)Nc1ccc(OCc2ccccc2)nc1. The van der Waals surface area contributed by atoms with E-state index in [0.29, 0.717) is 24.6 Å². The lowest BCUT2D eigenvalue weighted by Gasteiger charge is -2.11. The molecule has 3 aromatic rings. The number of hydrogen-bond acceptors (Lipinski definition) is 5. The van der Waals surface area contributed by atoms with Gasteiger partial charge in [0, 0.05) is 6.07 Å². The number of carbonyl (C=O) groups is 1. The van der Waals surface area contributed by atoms with Gasteiger partial charge in [-0.3, -0.25) is 4.79 Å². The van der Waals surface area contributed by atoms with Crippen molar-refractivity contribution >= 4 is 21.4 Å². The van der Waals surface area contributed by atoms with Crippen LogP contribution in [0.15, 0.2) is 77.8 Å². The van der Waals surface area contributed by atoms with E-state index >= 15 is 0 Å². The van der Waals surface area contributed by atoms with Gasteiger partial charge in [-0.25, -0.2) is 13.4 Å². The van der Waals surface area contributed by atoms with E-state index in [0.717, 1.165) is 5.56 Å². The summed E-state index contributed by atoms with van der Waals surface area (Å²) in [6, 6.07) is 19.2. The Morgan fingerprint density at radius 2 is 1.72 bits per heavy atom. The van der Waals surface area contributed by atoms with Gasteiger partial charge in [-0.15, -0.1) is 0 Å². The van der Waals surface area contributed by atoms with Crippen LogP contribution < -0.4 is 10.1 Å². The molecule has 0 aliphatic carbocycles. The van der Waals surface area contributed by atoms with Crippen LogP contribution >= 0.6 is 0 Å². The van der Waals surface area contributed by atoms with Crippen molar-refractivity contribution in [3.63, 3.8) is 0 Å². The summed E-state index contributed by atoms with van der Waals surface area (Å²) in [5.41, 5.74) is 1.59. The number of rotatable bonds is 8. The minimum absolute atomic E-state index is 0.00764. The molecule has 1 heterocycles. The van der Waals surface area contributed by atoms with Gasteiger partial charge in [0.15, 0.2) is 9.84 Å². The summed E-state index contributed by atoms with van der Waals surface area (Å²) in [7, 11) is -3.52. The van der Waals surface area contributed by atoms with Gasteiger partial charge in [0.1, 0.15) is 6.61 Å². The summed E-state index contributed by atoms with van der Waals surface area (Å²) in [5.74, 6) is -0.0791. The first-order chi connectivity index (χ1) is 14.0. The Kier molecular flexibility index (Phi) is 6.61. The Labute approximate surface area is 170 Å². The van der Waals surface area contributed by atoms with Gasteiger partial charge in [-0.2, -0.15) is 0 Å². The molecule has 1 aromatic heterocycles. The monoisotopic (exact) mass is 410 g/mol. The number of benzene rings is 2. The van der Waals surface area contributed by atoms with Crippen molar-refractivity contribution in [2.24, 2.45) is 0 Å². The normalized spacial score (nSPS) is 11.1. The van der Waals surface area contributed by atoms with Crippen molar-refractivity contribution in [3.05, 3.63) is 84.1 Å². The van der Waals surface area contributed by atoms with Crippen LogP contribution in [0.5, 0.6) is 5.88 Å². The van der Waals surface area contributed by atoms with E-state index in [2.05, 4.69) is 10.3 Å². The first kappa shape index (κ1) is 20.5. The van der Waals surface area contributed by atoms with E-state index in [1.165, 1.54) is 18.3 Å². The van der Waals surface area contributed by atoms with Gasteiger partial charge in [-0.05, 0) is 30.2 Å². The summed E-state index contributed by atoms with van der Waals surface area (Å²) in [5, 5.41) is 2.69. The average Bonchev–Trinajstić information content (AvgIpc) is 2.74. The molecule has 1 amide bonds. The lowest BCUT2D eigenvalue weighted by molar-refractivity contribution is 0.102. The quantitative estimate of drug-likeness (QED) is 0.604.